The minimum absolute atomic E-state index is 0.247. The summed E-state index contributed by atoms with van der Waals surface area (Å²) in [7, 11) is 0. The van der Waals surface area contributed by atoms with Crippen molar-refractivity contribution in [2.75, 3.05) is 6.61 Å². The molecule has 2 aromatic heterocycles. The van der Waals surface area contributed by atoms with Gasteiger partial charge in [-0.1, -0.05) is 0 Å². The van der Waals surface area contributed by atoms with Crippen molar-refractivity contribution < 1.29 is 33.4 Å². The molecule has 1 aliphatic rings. The number of ether oxygens (including phenoxy) is 1. The standard InChI is InChI=1S/C15H13F2N5O7/c16-15(17)11(24)9(5-23)29-13(15)21-2-1-8(20-14(21)26)7-3-6(22(27)28)4-19-10(7)12(18)25/h1-4,9,11,13,23-24H,5H2,(H2,18,25)/t9-,11-,13-/m1/s1. The number of halogens is 2. The number of pyridine rings is 1. The average molecular weight is 413 g/mol. The van der Waals surface area contributed by atoms with Gasteiger partial charge in [-0.2, -0.15) is 13.8 Å². The lowest BCUT2D eigenvalue weighted by Crippen LogP contribution is -2.41. The number of nitrogens with two attached hydrogens (primary N) is 1. The first-order valence-corrected chi connectivity index (χ1v) is 7.94. The number of primary amides is 1. The largest absolute Gasteiger partial charge is 0.394 e. The van der Waals surface area contributed by atoms with Crippen LogP contribution in [0, 0.1) is 10.1 Å². The monoisotopic (exact) mass is 413 g/mol. The highest BCUT2D eigenvalue weighted by atomic mass is 19.3. The summed E-state index contributed by atoms with van der Waals surface area (Å²) in [6.45, 7) is -0.908. The summed E-state index contributed by atoms with van der Waals surface area (Å²) < 4.78 is 33.7. The summed E-state index contributed by atoms with van der Waals surface area (Å²) in [4.78, 5) is 41.1. The van der Waals surface area contributed by atoms with Crippen molar-refractivity contribution in [1.82, 2.24) is 14.5 Å². The Labute approximate surface area is 159 Å². The van der Waals surface area contributed by atoms with E-state index in [1.54, 1.807) is 0 Å². The molecule has 29 heavy (non-hydrogen) atoms. The number of alkyl halides is 2. The minimum atomic E-state index is -3.91. The molecule has 0 spiro atoms. The number of rotatable bonds is 5. The minimum Gasteiger partial charge on any atom is -0.394 e. The van der Waals surface area contributed by atoms with Crippen LogP contribution in [0.4, 0.5) is 14.5 Å². The molecule has 0 aromatic carbocycles. The van der Waals surface area contributed by atoms with Crippen molar-refractivity contribution in [1.29, 1.82) is 0 Å². The lowest BCUT2D eigenvalue weighted by atomic mass is 10.1. The number of aromatic nitrogens is 3. The SMILES string of the molecule is NC(=O)c1ncc([N+](=O)[O-])cc1-c1ccn([C@@H]2O[C@H](CO)[C@@H](O)C2(F)F)c(=O)n1. The van der Waals surface area contributed by atoms with Crippen LogP contribution in [0.15, 0.2) is 29.3 Å². The molecular formula is C15H13F2N5O7. The maximum Gasteiger partial charge on any atom is 0.350 e. The Morgan fingerprint density at radius 1 is 1.48 bits per heavy atom. The van der Waals surface area contributed by atoms with E-state index in [0.717, 1.165) is 24.5 Å². The second kappa shape index (κ2) is 7.23. The van der Waals surface area contributed by atoms with Crippen LogP contribution in [-0.4, -0.2) is 60.3 Å². The molecule has 0 radical (unpaired) electrons. The lowest BCUT2D eigenvalue weighted by molar-refractivity contribution is -0.385. The van der Waals surface area contributed by atoms with Crippen molar-refractivity contribution in [3.8, 4) is 11.3 Å². The van der Waals surface area contributed by atoms with Gasteiger partial charge in [-0.3, -0.25) is 19.5 Å². The fourth-order valence-corrected chi connectivity index (χ4v) is 2.80. The van der Waals surface area contributed by atoms with E-state index in [2.05, 4.69) is 9.97 Å². The molecule has 14 heteroatoms. The fraction of sp³-hybridized carbons (Fsp3) is 0.333. The predicted molar refractivity (Wildman–Crippen MR) is 88.8 cm³/mol. The molecule has 1 fully saturated rings. The Morgan fingerprint density at radius 2 is 2.17 bits per heavy atom. The molecule has 0 bridgehead atoms. The van der Waals surface area contributed by atoms with Gasteiger partial charge < -0.3 is 20.7 Å². The average Bonchev–Trinajstić information content (AvgIpc) is 2.90. The first kappa shape index (κ1) is 20.4. The molecule has 2 aromatic rings. The Morgan fingerprint density at radius 3 is 2.69 bits per heavy atom. The van der Waals surface area contributed by atoms with E-state index in [1.165, 1.54) is 0 Å². The van der Waals surface area contributed by atoms with E-state index in [9.17, 15) is 33.6 Å². The van der Waals surface area contributed by atoms with Gasteiger partial charge in [-0.05, 0) is 6.07 Å². The molecule has 12 nitrogen and oxygen atoms in total. The maximum atomic E-state index is 14.2. The summed E-state index contributed by atoms with van der Waals surface area (Å²) in [6.07, 6.45) is -4.59. The fourth-order valence-electron chi connectivity index (χ4n) is 2.80. The second-order valence-corrected chi connectivity index (χ2v) is 6.04. The van der Waals surface area contributed by atoms with Gasteiger partial charge in [-0.25, -0.2) is 9.78 Å². The van der Waals surface area contributed by atoms with Crippen molar-refractivity contribution >= 4 is 11.6 Å². The maximum absolute atomic E-state index is 14.2. The molecule has 1 saturated heterocycles. The number of carbonyl (C=O) groups excluding carboxylic acids is 1. The van der Waals surface area contributed by atoms with Crippen molar-refractivity contribution in [3.63, 3.8) is 0 Å². The van der Waals surface area contributed by atoms with Gasteiger partial charge in [0, 0.05) is 17.8 Å². The van der Waals surface area contributed by atoms with E-state index >= 15 is 0 Å². The summed E-state index contributed by atoms with van der Waals surface area (Å²) in [5, 5.41) is 29.5. The van der Waals surface area contributed by atoms with Gasteiger partial charge in [0.05, 0.1) is 17.2 Å². The van der Waals surface area contributed by atoms with E-state index < -0.39 is 58.9 Å². The molecular weight excluding hydrogens is 400 g/mol. The van der Waals surface area contributed by atoms with Crippen LogP contribution in [-0.2, 0) is 4.74 Å². The second-order valence-electron chi connectivity index (χ2n) is 6.04. The van der Waals surface area contributed by atoms with Gasteiger partial charge in [0.2, 0.25) is 6.23 Å². The zero-order valence-electron chi connectivity index (χ0n) is 14.3. The van der Waals surface area contributed by atoms with Crippen molar-refractivity contribution in [2.24, 2.45) is 5.73 Å². The van der Waals surface area contributed by atoms with Crippen LogP contribution in [0.2, 0.25) is 0 Å². The first-order chi connectivity index (χ1) is 13.6. The van der Waals surface area contributed by atoms with Crippen LogP contribution in [0.3, 0.4) is 0 Å². The van der Waals surface area contributed by atoms with Crippen LogP contribution >= 0.6 is 0 Å². The highest BCUT2D eigenvalue weighted by Crippen LogP contribution is 2.42. The predicted octanol–water partition coefficient (Wildman–Crippen LogP) is -0.802. The highest BCUT2D eigenvalue weighted by Gasteiger charge is 2.59. The van der Waals surface area contributed by atoms with Gasteiger partial charge >= 0.3 is 11.6 Å². The molecule has 0 unspecified atom stereocenters. The van der Waals surface area contributed by atoms with Crippen LogP contribution in [0.25, 0.3) is 11.3 Å². The van der Waals surface area contributed by atoms with Crippen LogP contribution in [0.5, 0.6) is 0 Å². The zero-order valence-corrected chi connectivity index (χ0v) is 14.3. The normalized spacial score (nSPS) is 23.1. The number of hydrogen-bond donors (Lipinski definition) is 3. The third-order valence-corrected chi connectivity index (χ3v) is 4.24. The number of amides is 1. The molecule has 0 aliphatic carbocycles. The van der Waals surface area contributed by atoms with Gasteiger partial charge in [0.15, 0.2) is 6.10 Å². The molecule has 3 atom stereocenters. The molecule has 4 N–H and O–H groups in total. The summed E-state index contributed by atoms with van der Waals surface area (Å²) in [6, 6.07) is 1.93. The number of nitro groups is 1. The number of aliphatic hydroxyl groups is 2. The van der Waals surface area contributed by atoms with E-state index in [4.69, 9.17) is 15.6 Å². The zero-order chi connectivity index (χ0) is 21.5. The Bertz CT molecular complexity index is 1040. The van der Waals surface area contributed by atoms with Gasteiger partial charge in [0.25, 0.3) is 11.6 Å². The van der Waals surface area contributed by atoms with E-state index in [1.807, 2.05) is 0 Å². The van der Waals surface area contributed by atoms with Crippen LogP contribution in [0.1, 0.15) is 16.7 Å². The quantitative estimate of drug-likeness (QED) is 0.417. The number of nitrogens with zero attached hydrogens (tertiary/aromatic N) is 4. The molecule has 0 saturated carbocycles. The van der Waals surface area contributed by atoms with Crippen molar-refractivity contribution in [3.05, 3.63) is 50.8 Å². The number of aliphatic hydroxyl groups excluding tert-OH is 2. The van der Waals surface area contributed by atoms with E-state index in [0.29, 0.717) is 4.57 Å². The number of hydrogen-bond acceptors (Lipinski definition) is 9. The molecule has 3 heterocycles. The summed E-state index contributed by atoms with van der Waals surface area (Å²) in [5.74, 6) is -4.97. The summed E-state index contributed by atoms with van der Waals surface area (Å²) in [5.41, 5.74) is 2.45. The van der Waals surface area contributed by atoms with Crippen LogP contribution < -0.4 is 11.4 Å². The lowest BCUT2D eigenvalue weighted by Gasteiger charge is -2.21. The molecule has 1 aliphatic heterocycles. The highest BCUT2D eigenvalue weighted by molar-refractivity contribution is 5.97. The smallest absolute Gasteiger partial charge is 0.350 e. The summed E-state index contributed by atoms with van der Waals surface area (Å²) >= 11 is 0. The molecule has 1 amide bonds. The molecule has 3 rings (SSSR count). The third-order valence-electron chi connectivity index (χ3n) is 4.24. The van der Waals surface area contributed by atoms with E-state index in [-0.39, 0.29) is 11.3 Å². The van der Waals surface area contributed by atoms with Crippen molar-refractivity contribution in [2.45, 2.75) is 24.4 Å². The first-order valence-electron chi connectivity index (χ1n) is 7.94. The Hall–Kier alpha value is -3.36. The third kappa shape index (κ3) is 3.43. The Balaban J connectivity index is 2.08. The number of carbonyl (C=O) groups is 1. The topological polar surface area (TPSA) is 184 Å². The molecule has 154 valence electrons. The Kier molecular flexibility index (Phi) is 5.08. The van der Waals surface area contributed by atoms with Gasteiger partial charge in [0.1, 0.15) is 18.0 Å². The van der Waals surface area contributed by atoms with Gasteiger partial charge in [-0.15, -0.1) is 0 Å².